The van der Waals surface area contributed by atoms with Crippen molar-refractivity contribution in [3.63, 3.8) is 0 Å². The van der Waals surface area contributed by atoms with Gasteiger partial charge in [0.15, 0.2) is 0 Å². The standard InChI is InChI=1S/C7H8N4O2/c1-10-6(12)4-3-8-11(2)5(4)9-7(10)13/h3H,1-2H3,(H,9,13). The van der Waals surface area contributed by atoms with E-state index in [1.807, 2.05) is 0 Å². The van der Waals surface area contributed by atoms with Crippen molar-refractivity contribution in [3.05, 3.63) is 27.0 Å². The molecule has 0 fully saturated rings. The van der Waals surface area contributed by atoms with Gasteiger partial charge in [0, 0.05) is 14.1 Å². The normalized spacial score (nSPS) is 10.9. The van der Waals surface area contributed by atoms with Gasteiger partial charge in [0.1, 0.15) is 11.0 Å². The summed E-state index contributed by atoms with van der Waals surface area (Å²) >= 11 is 0. The lowest BCUT2D eigenvalue weighted by Crippen LogP contribution is -2.32. The van der Waals surface area contributed by atoms with Gasteiger partial charge in [-0.05, 0) is 0 Å². The molecule has 0 saturated heterocycles. The first kappa shape index (κ1) is 7.78. The number of aromatic amines is 1. The Balaban J connectivity index is 3.14. The van der Waals surface area contributed by atoms with E-state index < -0.39 is 5.69 Å². The summed E-state index contributed by atoms with van der Waals surface area (Å²) < 4.78 is 2.47. The van der Waals surface area contributed by atoms with E-state index in [2.05, 4.69) is 10.1 Å². The minimum absolute atomic E-state index is 0.327. The van der Waals surface area contributed by atoms with Crippen molar-refractivity contribution < 1.29 is 0 Å². The molecule has 0 aromatic carbocycles. The van der Waals surface area contributed by atoms with Crippen molar-refractivity contribution in [2.24, 2.45) is 14.1 Å². The van der Waals surface area contributed by atoms with Crippen LogP contribution >= 0.6 is 0 Å². The molecule has 68 valence electrons. The lowest BCUT2D eigenvalue weighted by atomic mass is 10.4. The lowest BCUT2D eigenvalue weighted by molar-refractivity contribution is 0.758. The molecule has 13 heavy (non-hydrogen) atoms. The number of nitrogens with one attached hydrogen (secondary N) is 1. The summed E-state index contributed by atoms with van der Waals surface area (Å²) in [6, 6.07) is 0. The summed E-state index contributed by atoms with van der Waals surface area (Å²) in [5.74, 6) is 0. The molecule has 0 unspecified atom stereocenters. The summed E-state index contributed by atoms with van der Waals surface area (Å²) in [4.78, 5) is 25.2. The molecule has 0 amide bonds. The molecule has 1 N–H and O–H groups in total. The molecule has 0 saturated carbocycles. The van der Waals surface area contributed by atoms with E-state index in [9.17, 15) is 9.59 Å². The number of nitrogens with zero attached hydrogens (tertiary/aromatic N) is 3. The highest BCUT2D eigenvalue weighted by Crippen LogP contribution is 1.99. The second kappa shape index (κ2) is 2.32. The number of rotatable bonds is 0. The fraction of sp³-hybridized carbons (Fsp3) is 0.286. The Bertz CT molecular complexity index is 574. The molecule has 2 rings (SSSR count). The summed E-state index contributed by atoms with van der Waals surface area (Å²) in [6.07, 6.45) is 1.44. The molecule has 2 aromatic rings. The average molecular weight is 180 g/mol. The molecule has 0 aliphatic heterocycles. The Kier molecular flexibility index (Phi) is 1.39. The van der Waals surface area contributed by atoms with Gasteiger partial charge in [-0.1, -0.05) is 0 Å². The van der Waals surface area contributed by atoms with Gasteiger partial charge in [0.25, 0.3) is 5.56 Å². The molecule has 2 heterocycles. The van der Waals surface area contributed by atoms with Crippen LogP contribution in [0.3, 0.4) is 0 Å². The van der Waals surface area contributed by atoms with Gasteiger partial charge in [-0.25, -0.2) is 4.79 Å². The van der Waals surface area contributed by atoms with Crippen LogP contribution in [0.2, 0.25) is 0 Å². The highest BCUT2D eigenvalue weighted by Gasteiger charge is 2.06. The summed E-state index contributed by atoms with van der Waals surface area (Å²) in [5.41, 5.74) is -0.305. The number of hydrogen-bond donors (Lipinski definition) is 1. The lowest BCUT2D eigenvalue weighted by Gasteiger charge is -1.96. The van der Waals surface area contributed by atoms with Crippen molar-refractivity contribution in [3.8, 4) is 0 Å². The minimum atomic E-state index is -0.430. The van der Waals surface area contributed by atoms with E-state index in [0.29, 0.717) is 11.0 Å². The first-order chi connectivity index (χ1) is 6.11. The van der Waals surface area contributed by atoms with E-state index in [-0.39, 0.29) is 5.56 Å². The zero-order valence-corrected chi connectivity index (χ0v) is 7.24. The van der Waals surface area contributed by atoms with E-state index >= 15 is 0 Å². The molecular weight excluding hydrogens is 172 g/mol. The van der Waals surface area contributed by atoms with Crippen molar-refractivity contribution in [2.45, 2.75) is 0 Å². The number of aromatic nitrogens is 4. The smallest absolute Gasteiger partial charge is 0.291 e. The zero-order valence-electron chi connectivity index (χ0n) is 7.24. The molecule has 6 heteroatoms. The summed E-state index contributed by atoms with van der Waals surface area (Å²) in [7, 11) is 3.09. The van der Waals surface area contributed by atoms with Crippen LogP contribution in [0.4, 0.5) is 0 Å². The van der Waals surface area contributed by atoms with E-state index in [1.165, 1.54) is 17.9 Å². The Morgan fingerprint density at radius 2 is 2.08 bits per heavy atom. The quantitative estimate of drug-likeness (QED) is 0.562. The second-order valence-corrected chi connectivity index (χ2v) is 2.82. The molecule has 0 radical (unpaired) electrons. The number of hydrogen-bond acceptors (Lipinski definition) is 3. The van der Waals surface area contributed by atoms with Crippen molar-refractivity contribution >= 4 is 11.0 Å². The van der Waals surface area contributed by atoms with Crippen molar-refractivity contribution in [1.82, 2.24) is 19.3 Å². The monoisotopic (exact) mass is 180 g/mol. The molecule has 0 aliphatic carbocycles. The Morgan fingerprint density at radius 1 is 1.38 bits per heavy atom. The summed E-state index contributed by atoms with van der Waals surface area (Å²) in [6.45, 7) is 0. The zero-order chi connectivity index (χ0) is 9.59. The van der Waals surface area contributed by atoms with E-state index in [1.54, 1.807) is 7.05 Å². The predicted octanol–water partition coefficient (Wildman–Crippen LogP) is -1.04. The molecule has 0 aliphatic rings. The first-order valence-electron chi connectivity index (χ1n) is 3.72. The SMILES string of the molecule is Cn1c(=O)[nH]c2c(cnn2C)c1=O. The Labute approximate surface area is 72.4 Å². The molecular formula is C7H8N4O2. The van der Waals surface area contributed by atoms with Crippen LogP contribution in [0.1, 0.15) is 0 Å². The Hall–Kier alpha value is -1.85. The fourth-order valence-electron chi connectivity index (χ4n) is 1.20. The van der Waals surface area contributed by atoms with Crippen LogP contribution in [-0.4, -0.2) is 19.3 Å². The number of H-pyrrole nitrogens is 1. The molecule has 6 nitrogen and oxygen atoms in total. The molecule has 2 aromatic heterocycles. The predicted molar refractivity (Wildman–Crippen MR) is 46.6 cm³/mol. The van der Waals surface area contributed by atoms with Crippen LogP contribution in [0.5, 0.6) is 0 Å². The maximum Gasteiger partial charge on any atom is 0.329 e. The third-order valence-corrected chi connectivity index (χ3v) is 2.00. The van der Waals surface area contributed by atoms with Gasteiger partial charge in [0.2, 0.25) is 0 Å². The van der Waals surface area contributed by atoms with Gasteiger partial charge in [-0.15, -0.1) is 0 Å². The molecule has 0 bridgehead atoms. The third-order valence-electron chi connectivity index (χ3n) is 2.00. The van der Waals surface area contributed by atoms with Gasteiger partial charge in [0.05, 0.1) is 6.20 Å². The number of fused-ring (bicyclic) bond motifs is 1. The maximum absolute atomic E-state index is 11.5. The fourth-order valence-corrected chi connectivity index (χ4v) is 1.20. The van der Waals surface area contributed by atoms with Gasteiger partial charge in [-0.2, -0.15) is 5.10 Å². The second-order valence-electron chi connectivity index (χ2n) is 2.82. The molecule has 0 atom stereocenters. The van der Waals surface area contributed by atoms with Crippen LogP contribution in [-0.2, 0) is 14.1 Å². The van der Waals surface area contributed by atoms with E-state index in [0.717, 1.165) is 4.57 Å². The van der Waals surface area contributed by atoms with Crippen molar-refractivity contribution in [2.75, 3.05) is 0 Å². The highest BCUT2D eigenvalue weighted by molar-refractivity contribution is 5.72. The minimum Gasteiger partial charge on any atom is -0.291 e. The topological polar surface area (TPSA) is 72.7 Å². The maximum atomic E-state index is 11.5. The van der Waals surface area contributed by atoms with Crippen LogP contribution in [0.25, 0.3) is 11.0 Å². The van der Waals surface area contributed by atoms with Gasteiger partial charge >= 0.3 is 5.69 Å². The van der Waals surface area contributed by atoms with Crippen LogP contribution < -0.4 is 11.2 Å². The highest BCUT2D eigenvalue weighted by atomic mass is 16.2. The van der Waals surface area contributed by atoms with Gasteiger partial charge in [-0.3, -0.25) is 19.0 Å². The van der Waals surface area contributed by atoms with Crippen LogP contribution in [0, 0.1) is 0 Å². The van der Waals surface area contributed by atoms with Crippen LogP contribution in [0.15, 0.2) is 15.8 Å². The number of aryl methyl sites for hydroxylation is 1. The first-order valence-corrected chi connectivity index (χ1v) is 3.72. The summed E-state index contributed by atoms with van der Waals surface area (Å²) in [5, 5.41) is 4.29. The third kappa shape index (κ3) is 0.915. The molecule has 0 spiro atoms. The van der Waals surface area contributed by atoms with Crippen molar-refractivity contribution in [1.29, 1.82) is 0 Å². The Morgan fingerprint density at radius 3 is 2.77 bits per heavy atom. The average Bonchev–Trinajstić information content (AvgIpc) is 2.45. The van der Waals surface area contributed by atoms with E-state index in [4.69, 9.17) is 0 Å². The van der Waals surface area contributed by atoms with Gasteiger partial charge < -0.3 is 0 Å². The largest absolute Gasteiger partial charge is 0.329 e.